The average Bonchev–Trinajstić information content (AvgIpc) is 2.18. The number of aromatic nitrogens is 2. The van der Waals surface area contributed by atoms with Crippen LogP contribution in [-0.4, -0.2) is 23.1 Å². The van der Waals surface area contributed by atoms with Crippen LogP contribution in [-0.2, 0) is 0 Å². The molecule has 4 nitrogen and oxygen atoms in total. The van der Waals surface area contributed by atoms with Gasteiger partial charge in [0.25, 0.3) is 0 Å². The highest BCUT2D eigenvalue weighted by atomic mass is 19.1. The first-order valence-electron chi connectivity index (χ1n) is 5.07. The summed E-state index contributed by atoms with van der Waals surface area (Å²) in [5, 5.41) is 0. The van der Waals surface area contributed by atoms with Crippen molar-refractivity contribution < 1.29 is 4.39 Å². The molecule has 15 heavy (non-hydrogen) atoms. The second-order valence-corrected chi connectivity index (χ2v) is 3.83. The Labute approximate surface area is 89.3 Å². The predicted molar refractivity (Wildman–Crippen MR) is 59.1 cm³/mol. The molecule has 1 heterocycles. The van der Waals surface area contributed by atoms with E-state index >= 15 is 0 Å². The number of hydrogen-bond donors (Lipinski definition) is 1. The molecule has 0 fully saturated rings. The molecule has 0 spiro atoms. The van der Waals surface area contributed by atoms with Crippen molar-refractivity contribution in [2.45, 2.75) is 20.8 Å². The van der Waals surface area contributed by atoms with Crippen molar-refractivity contribution in [2.75, 3.05) is 23.7 Å². The third kappa shape index (κ3) is 3.04. The molecule has 0 aliphatic rings. The first-order valence-corrected chi connectivity index (χ1v) is 5.07. The highest BCUT2D eigenvalue weighted by Gasteiger charge is 2.13. The van der Waals surface area contributed by atoms with Crippen LogP contribution < -0.4 is 10.6 Å². The Bertz CT molecular complexity index is 327. The fourth-order valence-electron chi connectivity index (χ4n) is 1.40. The molecule has 0 amide bonds. The summed E-state index contributed by atoms with van der Waals surface area (Å²) in [6.45, 7) is 7.56. The standard InChI is InChI=1S/C10H17FN4/c1-4-15(6-7(2)3)9-8(11)5-13-10(12)14-9/h5,7H,4,6H2,1-3H3,(H2,12,13,14). The van der Waals surface area contributed by atoms with Gasteiger partial charge in [0.05, 0.1) is 6.20 Å². The van der Waals surface area contributed by atoms with E-state index in [9.17, 15) is 4.39 Å². The highest BCUT2D eigenvalue weighted by Crippen LogP contribution is 2.17. The molecule has 0 aliphatic heterocycles. The molecular weight excluding hydrogens is 195 g/mol. The van der Waals surface area contributed by atoms with Gasteiger partial charge in [-0.05, 0) is 12.8 Å². The van der Waals surface area contributed by atoms with Gasteiger partial charge in [-0.3, -0.25) is 0 Å². The van der Waals surface area contributed by atoms with Gasteiger partial charge in [-0.15, -0.1) is 0 Å². The average molecular weight is 212 g/mol. The molecule has 0 saturated carbocycles. The van der Waals surface area contributed by atoms with Crippen LogP contribution in [0, 0.1) is 11.7 Å². The van der Waals surface area contributed by atoms with Crippen LogP contribution in [0.25, 0.3) is 0 Å². The van der Waals surface area contributed by atoms with Gasteiger partial charge in [-0.25, -0.2) is 9.37 Å². The Morgan fingerprint density at radius 2 is 2.20 bits per heavy atom. The summed E-state index contributed by atoms with van der Waals surface area (Å²) < 4.78 is 13.4. The van der Waals surface area contributed by atoms with Gasteiger partial charge in [-0.2, -0.15) is 4.98 Å². The molecule has 0 aliphatic carbocycles. The largest absolute Gasteiger partial charge is 0.368 e. The first-order chi connectivity index (χ1) is 7.04. The molecule has 0 unspecified atom stereocenters. The van der Waals surface area contributed by atoms with Gasteiger partial charge < -0.3 is 10.6 Å². The van der Waals surface area contributed by atoms with Crippen LogP contribution in [0.5, 0.6) is 0 Å². The van der Waals surface area contributed by atoms with Crippen LogP contribution in [0.2, 0.25) is 0 Å². The maximum Gasteiger partial charge on any atom is 0.222 e. The van der Waals surface area contributed by atoms with Gasteiger partial charge in [0.15, 0.2) is 11.6 Å². The van der Waals surface area contributed by atoms with Crippen molar-refractivity contribution in [1.82, 2.24) is 9.97 Å². The van der Waals surface area contributed by atoms with E-state index in [4.69, 9.17) is 5.73 Å². The van der Waals surface area contributed by atoms with Crippen LogP contribution >= 0.6 is 0 Å². The normalized spacial score (nSPS) is 10.7. The number of rotatable bonds is 4. The van der Waals surface area contributed by atoms with E-state index in [1.807, 2.05) is 11.8 Å². The van der Waals surface area contributed by atoms with Crippen molar-refractivity contribution in [3.8, 4) is 0 Å². The molecule has 2 N–H and O–H groups in total. The van der Waals surface area contributed by atoms with E-state index < -0.39 is 5.82 Å². The maximum atomic E-state index is 13.4. The SMILES string of the molecule is CCN(CC(C)C)c1nc(N)ncc1F. The third-order valence-corrected chi connectivity index (χ3v) is 2.01. The summed E-state index contributed by atoms with van der Waals surface area (Å²) >= 11 is 0. The smallest absolute Gasteiger partial charge is 0.222 e. The minimum absolute atomic E-state index is 0.105. The maximum absolute atomic E-state index is 13.4. The molecule has 1 aromatic rings. The predicted octanol–water partition coefficient (Wildman–Crippen LogP) is 1.68. The van der Waals surface area contributed by atoms with Crippen LogP contribution in [0.4, 0.5) is 16.2 Å². The molecule has 5 heteroatoms. The fourth-order valence-corrected chi connectivity index (χ4v) is 1.40. The lowest BCUT2D eigenvalue weighted by atomic mass is 10.2. The van der Waals surface area contributed by atoms with Crippen LogP contribution in [0.1, 0.15) is 20.8 Å². The zero-order valence-corrected chi connectivity index (χ0v) is 9.37. The molecule has 0 atom stereocenters. The van der Waals surface area contributed by atoms with Crippen molar-refractivity contribution in [3.05, 3.63) is 12.0 Å². The Kier molecular flexibility index (Phi) is 3.82. The summed E-state index contributed by atoms with van der Waals surface area (Å²) in [6.07, 6.45) is 1.11. The zero-order chi connectivity index (χ0) is 11.4. The van der Waals surface area contributed by atoms with E-state index in [1.165, 1.54) is 0 Å². The number of nitrogens with zero attached hydrogens (tertiary/aromatic N) is 3. The van der Waals surface area contributed by atoms with E-state index in [2.05, 4.69) is 23.8 Å². The number of anilines is 2. The fraction of sp³-hybridized carbons (Fsp3) is 0.600. The van der Waals surface area contributed by atoms with Gasteiger partial charge in [-0.1, -0.05) is 13.8 Å². The van der Waals surface area contributed by atoms with Crippen molar-refractivity contribution >= 4 is 11.8 Å². The summed E-state index contributed by atoms with van der Waals surface area (Å²) in [4.78, 5) is 9.37. The number of hydrogen-bond acceptors (Lipinski definition) is 4. The number of halogens is 1. The summed E-state index contributed by atoms with van der Waals surface area (Å²) in [5.74, 6) is 0.416. The first kappa shape index (κ1) is 11.7. The second kappa shape index (κ2) is 4.91. The molecule has 0 aromatic carbocycles. The molecule has 0 bridgehead atoms. The van der Waals surface area contributed by atoms with Crippen molar-refractivity contribution in [2.24, 2.45) is 5.92 Å². The van der Waals surface area contributed by atoms with Gasteiger partial charge >= 0.3 is 0 Å². The number of nitrogens with two attached hydrogens (primary N) is 1. The van der Waals surface area contributed by atoms with Gasteiger partial charge in [0.1, 0.15) is 0 Å². The minimum Gasteiger partial charge on any atom is -0.368 e. The van der Waals surface area contributed by atoms with Crippen molar-refractivity contribution in [3.63, 3.8) is 0 Å². The lowest BCUT2D eigenvalue weighted by Crippen LogP contribution is -2.29. The van der Waals surface area contributed by atoms with E-state index in [0.717, 1.165) is 12.7 Å². The topological polar surface area (TPSA) is 55.0 Å². The Balaban J connectivity index is 2.95. The highest BCUT2D eigenvalue weighted by molar-refractivity contribution is 5.42. The Morgan fingerprint density at radius 1 is 1.53 bits per heavy atom. The van der Waals surface area contributed by atoms with E-state index in [0.29, 0.717) is 18.3 Å². The molecule has 1 rings (SSSR count). The summed E-state index contributed by atoms with van der Waals surface area (Å²) in [6, 6.07) is 0. The summed E-state index contributed by atoms with van der Waals surface area (Å²) in [7, 11) is 0. The van der Waals surface area contributed by atoms with Gasteiger partial charge in [0.2, 0.25) is 5.95 Å². The lowest BCUT2D eigenvalue weighted by Gasteiger charge is -2.24. The van der Waals surface area contributed by atoms with E-state index in [1.54, 1.807) is 0 Å². The molecular formula is C10H17FN4. The Morgan fingerprint density at radius 3 is 2.73 bits per heavy atom. The lowest BCUT2D eigenvalue weighted by molar-refractivity contribution is 0.574. The van der Waals surface area contributed by atoms with Crippen molar-refractivity contribution in [1.29, 1.82) is 0 Å². The third-order valence-electron chi connectivity index (χ3n) is 2.01. The number of nitrogen functional groups attached to an aromatic ring is 1. The molecule has 0 saturated heterocycles. The Hall–Kier alpha value is -1.39. The molecule has 1 aromatic heterocycles. The quantitative estimate of drug-likeness (QED) is 0.825. The molecule has 84 valence electrons. The molecule has 0 radical (unpaired) electrons. The summed E-state index contributed by atoms with van der Waals surface area (Å²) in [5.41, 5.74) is 5.44. The second-order valence-electron chi connectivity index (χ2n) is 3.83. The van der Waals surface area contributed by atoms with Crippen LogP contribution in [0.3, 0.4) is 0 Å². The van der Waals surface area contributed by atoms with Gasteiger partial charge in [0, 0.05) is 13.1 Å². The van der Waals surface area contributed by atoms with Crippen LogP contribution in [0.15, 0.2) is 6.20 Å². The monoisotopic (exact) mass is 212 g/mol. The zero-order valence-electron chi connectivity index (χ0n) is 9.37. The minimum atomic E-state index is -0.424. The van der Waals surface area contributed by atoms with E-state index in [-0.39, 0.29) is 5.95 Å².